The summed E-state index contributed by atoms with van der Waals surface area (Å²) in [6.07, 6.45) is 1.09. The minimum atomic E-state index is -0.00303. The van der Waals surface area contributed by atoms with Crippen LogP contribution in [0.25, 0.3) is 43.4 Å². The van der Waals surface area contributed by atoms with Gasteiger partial charge in [0, 0.05) is 33.6 Å². The van der Waals surface area contributed by atoms with Crippen LogP contribution in [0.15, 0.2) is 72.8 Å². The lowest BCUT2D eigenvalue weighted by Crippen LogP contribution is -2.34. The first-order valence-electron chi connectivity index (χ1n) is 12.6. The van der Waals surface area contributed by atoms with Crippen LogP contribution in [0.1, 0.15) is 48.3 Å². The third-order valence-corrected chi connectivity index (χ3v) is 8.38. The molecule has 1 aliphatic rings. The van der Waals surface area contributed by atoms with Gasteiger partial charge >= 0.3 is 0 Å². The lowest BCUT2D eigenvalue weighted by atomic mass is 9.91. The maximum absolute atomic E-state index is 12.8. The molecule has 0 spiro atoms. The van der Waals surface area contributed by atoms with Crippen LogP contribution < -0.4 is 10.6 Å². The summed E-state index contributed by atoms with van der Waals surface area (Å²) < 4.78 is 1.10. The van der Waals surface area contributed by atoms with Crippen molar-refractivity contribution in [2.75, 3.05) is 11.9 Å². The van der Waals surface area contributed by atoms with Crippen LogP contribution in [0.5, 0.6) is 0 Å². The Morgan fingerprint density at radius 2 is 1.81 bits per heavy atom. The van der Waals surface area contributed by atoms with Crippen molar-refractivity contribution < 1.29 is 4.79 Å². The zero-order valence-electron chi connectivity index (χ0n) is 20.8. The van der Waals surface area contributed by atoms with Crippen LogP contribution in [0.3, 0.4) is 0 Å². The summed E-state index contributed by atoms with van der Waals surface area (Å²) in [5, 5.41) is 8.75. The Morgan fingerprint density at radius 3 is 2.61 bits per heavy atom. The smallest absolute Gasteiger partial charge is 0.263 e. The molecule has 1 aliphatic heterocycles. The van der Waals surface area contributed by atoms with Crippen LogP contribution in [0.4, 0.5) is 5.69 Å². The highest BCUT2D eigenvalue weighted by atomic mass is 32.1. The maximum atomic E-state index is 12.8. The van der Waals surface area contributed by atoms with Gasteiger partial charge in [0.15, 0.2) is 0 Å². The Bertz CT molecular complexity index is 1610. The van der Waals surface area contributed by atoms with Crippen molar-refractivity contribution in [2.24, 2.45) is 0 Å². The van der Waals surface area contributed by atoms with E-state index < -0.39 is 0 Å². The number of amides is 1. The molecule has 180 valence electrons. The molecule has 5 heteroatoms. The van der Waals surface area contributed by atoms with E-state index in [1.165, 1.54) is 16.7 Å². The topological polar surface area (TPSA) is 54.0 Å². The van der Waals surface area contributed by atoms with Crippen molar-refractivity contribution in [2.45, 2.75) is 39.2 Å². The highest BCUT2D eigenvalue weighted by molar-refractivity contribution is 7.21. The summed E-state index contributed by atoms with van der Waals surface area (Å²) in [5.41, 5.74) is 7.73. The molecule has 36 heavy (non-hydrogen) atoms. The van der Waals surface area contributed by atoms with Gasteiger partial charge < -0.3 is 10.6 Å². The molecule has 1 amide bonds. The highest BCUT2D eigenvalue weighted by Crippen LogP contribution is 2.41. The number of carbonyl (C=O) groups is 1. The number of rotatable bonds is 4. The van der Waals surface area contributed by atoms with E-state index in [2.05, 4.69) is 97.3 Å². The summed E-state index contributed by atoms with van der Waals surface area (Å²) >= 11 is 1.54. The first-order valence-corrected chi connectivity index (χ1v) is 13.4. The van der Waals surface area contributed by atoms with Gasteiger partial charge in [-0.15, -0.1) is 11.3 Å². The van der Waals surface area contributed by atoms with Crippen LogP contribution in [0, 0.1) is 0 Å². The van der Waals surface area contributed by atoms with Crippen LogP contribution in [-0.4, -0.2) is 23.5 Å². The number of nitrogens with one attached hydrogen (secondary N) is 2. The first-order chi connectivity index (χ1) is 17.5. The van der Waals surface area contributed by atoms with Gasteiger partial charge in [-0.05, 0) is 72.4 Å². The Kier molecular flexibility index (Phi) is 5.73. The van der Waals surface area contributed by atoms with Crippen molar-refractivity contribution in [1.29, 1.82) is 0 Å². The van der Waals surface area contributed by atoms with Crippen LogP contribution in [0.2, 0.25) is 0 Å². The second kappa shape index (κ2) is 9.07. The number of hydrogen-bond donors (Lipinski definition) is 2. The van der Waals surface area contributed by atoms with Gasteiger partial charge in [-0.3, -0.25) is 4.79 Å². The Labute approximate surface area is 215 Å². The lowest BCUT2D eigenvalue weighted by molar-refractivity contribution is 0.0949. The van der Waals surface area contributed by atoms with Gasteiger partial charge in [0.1, 0.15) is 4.88 Å². The molecule has 0 bridgehead atoms. The second-order valence-corrected chi connectivity index (χ2v) is 10.8. The van der Waals surface area contributed by atoms with Gasteiger partial charge in [-0.25, -0.2) is 4.98 Å². The van der Waals surface area contributed by atoms with Crippen molar-refractivity contribution in [1.82, 2.24) is 10.3 Å². The van der Waals surface area contributed by atoms with Gasteiger partial charge in [-0.2, -0.15) is 0 Å². The van der Waals surface area contributed by atoms with E-state index in [9.17, 15) is 4.79 Å². The molecule has 0 aliphatic carbocycles. The molecule has 0 saturated carbocycles. The first kappa shape index (κ1) is 22.7. The van der Waals surface area contributed by atoms with E-state index in [-0.39, 0.29) is 11.9 Å². The number of aromatic nitrogens is 1. The zero-order chi connectivity index (χ0) is 24.8. The number of fused-ring (bicyclic) bond motifs is 5. The van der Waals surface area contributed by atoms with E-state index in [0.717, 1.165) is 49.2 Å². The number of benzene rings is 3. The molecular formula is C31H29N3OS. The van der Waals surface area contributed by atoms with Crippen molar-refractivity contribution in [3.63, 3.8) is 0 Å². The molecular weight excluding hydrogens is 462 g/mol. The van der Waals surface area contributed by atoms with Gasteiger partial charge in [-0.1, -0.05) is 50.2 Å². The Hall–Kier alpha value is -3.70. The number of hydrogen-bond acceptors (Lipinski definition) is 4. The van der Waals surface area contributed by atoms with Crippen molar-refractivity contribution in [3.8, 4) is 22.4 Å². The van der Waals surface area contributed by atoms with Gasteiger partial charge in [0.2, 0.25) is 0 Å². The predicted octanol–water partition coefficient (Wildman–Crippen LogP) is 7.84. The summed E-state index contributed by atoms with van der Waals surface area (Å²) in [6, 6.07) is 26.0. The second-order valence-electron chi connectivity index (χ2n) is 9.78. The Balaban J connectivity index is 1.51. The molecule has 0 fully saturated rings. The normalized spacial score (nSPS) is 16.3. The summed E-state index contributed by atoms with van der Waals surface area (Å²) in [5.74, 6) is 0.463. The zero-order valence-corrected chi connectivity index (χ0v) is 21.6. The average molecular weight is 492 g/mol. The van der Waals surface area contributed by atoms with Crippen molar-refractivity contribution >= 4 is 43.9 Å². The fourth-order valence-electron chi connectivity index (χ4n) is 5.00. The quantitative estimate of drug-likeness (QED) is 0.269. The molecule has 2 N–H and O–H groups in total. The van der Waals surface area contributed by atoms with Crippen LogP contribution in [-0.2, 0) is 0 Å². The van der Waals surface area contributed by atoms with Crippen molar-refractivity contribution in [3.05, 3.63) is 83.2 Å². The number of pyridine rings is 1. The highest BCUT2D eigenvalue weighted by Gasteiger charge is 2.24. The number of thiophene rings is 1. The molecule has 3 aromatic carbocycles. The molecule has 3 heterocycles. The fraction of sp³-hybridized carbons (Fsp3) is 0.226. The van der Waals surface area contributed by atoms with E-state index in [4.69, 9.17) is 4.98 Å². The van der Waals surface area contributed by atoms with E-state index in [1.807, 2.05) is 6.92 Å². The number of nitrogens with zero attached hydrogens (tertiary/aromatic N) is 1. The Morgan fingerprint density at radius 1 is 1.00 bits per heavy atom. The maximum Gasteiger partial charge on any atom is 0.263 e. The molecule has 2 atom stereocenters. The third-order valence-electron chi connectivity index (χ3n) is 7.23. The largest absolute Gasteiger partial charge is 0.381 e. The third kappa shape index (κ3) is 3.94. The van der Waals surface area contributed by atoms with E-state index >= 15 is 0 Å². The van der Waals surface area contributed by atoms with Gasteiger partial charge in [0.05, 0.1) is 16.9 Å². The SMILES string of the molecule is CCC(C)c1cc(-c2ccccc2)cc(-c2ccc3c(ccc4sc5c(c43)NC[C@@H](C)NC5=O)n2)c1. The summed E-state index contributed by atoms with van der Waals surface area (Å²) in [7, 11) is 0. The number of anilines is 1. The fourth-order valence-corrected chi connectivity index (χ4v) is 6.10. The monoisotopic (exact) mass is 491 g/mol. The van der Waals surface area contributed by atoms with E-state index in [0.29, 0.717) is 12.5 Å². The molecule has 5 aromatic rings. The summed E-state index contributed by atoms with van der Waals surface area (Å²) in [6.45, 7) is 7.24. The van der Waals surface area contributed by atoms with Crippen LogP contribution >= 0.6 is 11.3 Å². The molecule has 0 saturated heterocycles. The minimum absolute atomic E-state index is 0.00303. The standard InChI is InChI=1S/C31H29N3OS/c1-4-18(2)21-14-22(20-8-6-5-7-9-20)16-23(15-21)25-11-10-24-26(34-25)12-13-27-28(24)29-30(36-27)31(35)33-19(3)17-32-29/h5-16,18-19,32H,4,17H2,1-3H3,(H,33,35)/t18?,19-/m1/s1. The average Bonchev–Trinajstić information content (AvgIpc) is 3.24. The molecule has 0 radical (unpaired) electrons. The molecule has 4 nitrogen and oxygen atoms in total. The van der Waals surface area contributed by atoms with Gasteiger partial charge in [0.25, 0.3) is 5.91 Å². The minimum Gasteiger partial charge on any atom is -0.381 e. The predicted molar refractivity (Wildman–Crippen MR) is 152 cm³/mol. The molecule has 1 unspecified atom stereocenters. The molecule has 6 rings (SSSR count). The number of carbonyl (C=O) groups excluding carboxylic acids is 1. The summed E-state index contributed by atoms with van der Waals surface area (Å²) in [4.78, 5) is 18.6. The molecule has 2 aromatic heterocycles. The van der Waals surface area contributed by atoms with E-state index in [1.54, 1.807) is 11.3 Å². The lowest BCUT2D eigenvalue weighted by Gasteiger charge is -2.15.